The summed E-state index contributed by atoms with van der Waals surface area (Å²) in [6.45, 7) is -0.0825. The van der Waals surface area contributed by atoms with Crippen molar-refractivity contribution in [2.45, 2.75) is 6.54 Å². The van der Waals surface area contributed by atoms with Crippen molar-refractivity contribution in [1.29, 1.82) is 0 Å². The van der Waals surface area contributed by atoms with E-state index < -0.39 is 22.6 Å². The Labute approximate surface area is 192 Å². The molecule has 7 nitrogen and oxygen atoms in total. The molecule has 0 heterocycles. The zero-order valence-electron chi connectivity index (χ0n) is 16.6. The molecule has 2 amide bonds. The summed E-state index contributed by atoms with van der Waals surface area (Å²) in [5, 5.41) is 13.5. The number of carbonyl (C=O) groups excluding carboxylic acids is 2. The number of rotatable bonds is 6. The Morgan fingerprint density at radius 1 is 1.03 bits per heavy atom. The van der Waals surface area contributed by atoms with E-state index in [2.05, 4.69) is 5.32 Å². The van der Waals surface area contributed by atoms with Gasteiger partial charge >= 0.3 is 0 Å². The first-order valence-electron chi connectivity index (χ1n) is 9.21. The van der Waals surface area contributed by atoms with Crippen LogP contribution in [0.5, 0.6) is 0 Å². The predicted molar refractivity (Wildman–Crippen MR) is 120 cm³/mol. The van der Waals surface area contributed by atoms with Crippen LogP contribution in [0.15, 0.2) is 60.7 Å². The van der Waals surface area contributed by atoms with Crippen LogP contribution in [0.4, 0.5) is 15.8 Å². The van der Waals surface area contributed by atoms with E-state index in [4.69, 9.17) is 23.2 Å². The van der Waals surface area contributed by atoms with Crippen LogP contribution in [0.25, 0.3) is 0 Å². The molecule has 3 aromatic rings. The van der Waals surface area contributed by atoms with E-state index in [1.54, 1.807) is 12.1 Å². The van der Waals surface area contributed by atoms with Gasteiger partial charge in [-0.2, -0.15) is 0 Å². The maximum Gasteiger partial charge on any atom is 0.270 e. The molecule has 164 valence electrons. The topological polar surface area (TPSA) is 92.6 Å². The summed E-state index contributed by atoms with van der Waals surface area (Å²) in [7, 11) is 1.48. The van der Waals surface area contributed by atoms with Crippen molar-refractivity contribution in [3.8, 4) is 0 Å². The number of nitro benzene ring substituents is 1. The Bertz CT molecular complexity index is 1200. The first kappa shape index (κ1) is 23.2. The molecule has 3 aromatic carbocycles. The van der Waals surface area contributed by atoms with Crippen LogP contribution in [-0.4, -0.2) is 28.7 Å². The summed E-state index contributed by atoms with van der Waals surface area (Å²) in [6, 6.07) is 14.0. The molecule has 0 bridgehead atoms. The lowest BCUT2D eigenvalue weighted by Crippen LogP contribution is -2.28. The van der Waals surface area contributed by atoms with Crippen molar-refractivity contribution in [2.24, 2.45) is 0 Å². The third kappa shape index (κ3) is 5.04. The number of benzene rings is 3. The van der Waals surface area contributed by atoms with Gasteiger partial charge in [0.2, 0.25) is 0 Å². The number of nitrogens with one attached hydrogen (secondary N) is 1. The number of hydrogen-bond acceptors (Lipinski definition) is 4. The number of hydrogen-bond donors (Lipinski definition) is 1. The van der Waals surface area contributed by atoms with Crippen molar-refractivity contribution < 1.29 is 18.9 Å². The monoisotopic (exact) mass is 475 g/mol. The number of amides is 2. The molecule has 0 spiro atoms. The van der Waals surface area contributed by atoms with Gasteiger partial charge in [0.05, 0.1) is 26.8 Å². The lowest BCUT2D eigenvalue weighted by atomic mass is 10.1. The Hall–Kier alpha value is -3.49. The van der Waals surface area contributed by atoms with E-state index in [0.717, 1.165) is 12.1 Å². The Morgan fingerprint density at radius 3 is 2.41 bits per heavy atom. The largest absolute Gasteiger partial charge is 0.337 e. The molecule has 32 heavy (non-hydrogen) atoms. The molecule has 0 unspecified atom stereocenters. The average molecular weight is 476 g/mol. The highest BCUT2D eigenvalue weighted by atomic mass is 35.5. The third-order valence-electron chi connectivity index (χ3n) is 4.62. The average Bonchev–Trinajstić information content (AvgIpc) is 2.76. The number of nitro groups is 1. The molecular weight excluding hydrogens is 460 g/mol. The summed E-state index contributed by atoms with van der Waals surface area (Å²) in [6.07, 6.45) is 0. The number of non-ortho nitro benzene ring substituents is 1. The number of nitrogens with zero attached hydrogens (tertiary/aromatic N) is 2. The molecule has 0 saturated heterocycles. The summed E-state index contributed by atoms with van der Waals surface area (Å²) < 4.78 is 14.1. The van der Waals surface area contributed by atoms with Crippen LogP contribution < -0.4 is 5.32 Å². The second-order valence-corrected chi connectivity index (χ2v) is 7.60. The number of halogens is 3. The summed E-state index contributed by atoms with van der Waals surface area (Å²) >= 11 is 12.1. The fourth-order valence-electron chi connectivity index (χ4n) is 2.97. The second kappa shape index (κ2) is 9.76. The molecule has 0 aliphatic carbocycles. The van der Waals surface area contributed by atoms with Gasteiger partial charge in [0.1, 0.15) is 5.82 Å². The first-order valence-corrected chi connectivity index (χ1v) is 9.97. The third-order valence-corrected chi connectivity index (χ3v) is 5.28. The minimum Gasteiger partial charge on any atom is -0.337 e. The van der Waals surface area contributed by atoms with Crippen LogP contribution in [0.2, 0.25) is 10.0 Å². The quantitative estimate of drug-likeness (QED) is 0.372. The van der Waals surface area contributed by atoms with Crippen LogP contribution in [0.3, 0.4) is 0 Å². The van der Waals surface area contributed by atoms with E-state index in [1.165, 1.54) is 48.3 Å². The maximum atomic E-state index is 14.1. The molecule has 0 saturated carbocycles. The smallest absolute Gasteiger partial charge is 0.270 e. The minimum atomic E-state index is -0.648. The molecule has 0 atom stereocenters. The minimum absolute atomic E-state index is 0.00557. The first-order chi connectivity index (χ1) is 15.2. The van der Waals surface area contributed by atoms with Gasteiger partial charge in [-0.25, -0.2) is 4.39 Å². The van der Waals surface area contributed by atoms with E-state index in [1.807, 2.05) is 0 Å². The lowest BCUT2D eigenvalue weighted by molar-refractivity contribution is -0.384. The van der Waals surface area contributed by atoms with Crippen LogP contribution in [-0.2, 0) is 6.54 Å². The SMILES string of the molecule is CN(Cc1c(F)cccc1Cl)C(=O)c1ccccc1NC(=O)c1ccc([N+](=O)[O-])cc1Cl. The second-order valence-electron chi connectivity index (χ2n) is 6.78. The van der Waals surface area contributed by atoms with Gasteiger partial charge < -0.3 is 10.2 Å². The van der Waals surface area contributed by atoms with Gasteiger partial charge in [-0.1, -0.05) is 41.4 Å². The van der Waals surface area contributed by atoms with Gasteiger partial charge in [-0.05, 0) is 30.3 Å². The maximum absolute atomic E-state index is 14.1. The van der Waals surface area contributed by atoms with E-state index >= 15 is 0 Å². The van der Waals surface area contributed by atoms with Crippen molar-refractivity contribution >= 4 is 46.4 Å². The number of carbonyl (C=O) groups is 2. The summed E-state index contributed by atoms with van der Waals surface area (Å²) in [5.41, 5.74) is 0.281. The van der Waals surface area contributed by atoms with E-state index in [-0.39, 0.29) is 44.7 Å². The fourth-order valence-corrected chi connectivity index (χ4v) is 3.45. The van der Waals surface area contributed by atoms with E-state index in [9.17, 15) is 24.1 Å². The van der Waals surface area contributed by atoms with Gasteiger partial charge in [0, 0.05) is 36.3 Å². The van der Waals surface area contributed by atoms with Crippen molar-refractivity contribution in [3.63, 3.8) is 0 Å². The molecule has 0 radical (unpaired) electrons. The van der Waals surface area contributed by atoms with Gasteiger partial charge in [-0.15, -0.1) is 0 Å². The Kier molecular flexibility index (Phi) is 7.07. The van der Waals surface area contributed by atoms with Crippen molar-refractivity contribution in [1.82, 2.24) is 4.90 Å². The Morgan fingerprint density at radius 2 is 1.75 bits per heavy atom. The summed E-state index contributed by atoms with van der Waals surface area (Å²) in [4.78, 5) is 37.2. The van der Waals surface area contributed by atoms with Crippen molar-refractivity contribution in [3.05, 3.63) is 103 Å². The zero-order valence-corrected chi connectivity index (χ0v) is 18.2. The molecule has 1 N–H and O–H groups in total. The highest BCUT2D eigenvalue weighted by Gasteiger charge is 2.21. The van der Waals surface area contributed by atoms with Gasteiger partial charge in [0.15, 0.2) is 0 Å². The summed E-state index contributed by atoms with van der Waals surface area (Å²) in [5.74, 6) is -1.66. The van der Waals surface area contributed by atoms with Crippen LogP contribution in [0.1, 0.15) is 26.3 Å². The van der Waals surface area contributed by atoms with Gasteiger partial charge in [-0.3, -0.25) is 19.7 Å². The highest BCUT2D eigenvalue weighted by Crippen LogP contribution is 2.26. The predicted octanol–water partition coefficient (Wildman–Crippen LogP) is 5.57. The lowest BCUT2D eigenvalue weighted by Gasteiger charge is -2.20. The number of anilines is 1. The standard InChI is InChI=1S/C22H16Cl2FN3O4/c1-27(12-16-17(23)6-4-7-19(16)25)22(30)15-5-2-3-8-20(15)26-21(29)14-10-9-13(28(31)32)11-18(14)24/h2-11H,12H2,1H3,(H,26,29). The number of para-hydroxylation sites is 1. The molecule has 3 rings (SSSR count). The Balaban J connectivity index is 1.83. The van der Waals surface area contributed by atoms with Crippen LogP contribution >= 0.6 is 23.2 Å². The molecule has 0 fully saturated rings. The molecular formula is C22H16Cl2FN3O4. The normalized spacial score (nSPS) is 10.5. The van der Waals surface area contributed by atoms with Crippen molar-refractivity contribution in [2.75, 3.05) is 12.4 Å². The zero-order chi connectivity index (χ0) is 23.4. The molecule has 0 aliphatic rings. The van der Waals surface area contributed by atoms with Crippen LogP contribution in [0, 0.1) is 15.9 Å². The highest BCUT2D eigenvalue weighted by molar-refractivity contribution is 6.34. The van der Waals surface area contributed by atoms with E-state index in [0.29, 0.717) is 0 Å². The fraction of sp³-hybridized carbons (Fsp3) is 0.0909. The molecule has 0 aliphatic heterocycles. The molecule has 10 heteroatoms. The van der Waals surface area contributed by atoms with Gasteiger partial charge in [0.25, 0.3) is 17.5 Å². The molecule has 0 aromatic heterocycles.